The highest BCUT2D eigenvalue weighted by atomic mass is 19.1. The summed E-state index contributed by atoms with van der Waals surface area (Å²) in [6.07, 6.45) is 3.54. The molecule has 0 aliphatic carbocycles. The number of carboxylic acids is 1. The Bertz CT molecular complexity index is 1240. The van der Waals surface area contributed by atoms with Gasteiger partial charge in [0.05, 0.1) is 5.56 Å². The maximum atomic E-state index is 13.2. The molecule has 4 aromatic rings. The van der Waals surface area contributed by atoms with Gasteiger partial charge in [0.1, 0.15) is 11.6 Å². The summed E-state index contributed by atoms with van der Waals surface area (Å²) in [5.41, 5.74) is 3.15. The van der Waals surface area contributed by atoms with E-state index in [2.05, 4.69) is 0 Å². The normalized spacial score (nSPS) is 11.2. The quantitative estimate of drug-likeness (QED) is 0.411. The van der Waals surface area contributed by atoms with Gasteiger partial charge < -0.3 is 10.2 Å². The lowest BCUT2D eigenvalue weighted by atomic mass is 9.98. The van der Waals surface area contributed by atoms with E-state index in [4.69, 9.17) is 0 Å². The minimum absolute atomic E-state index is 0.177. The summed E-state index contributed by atoms with van der Waals surface area (Å²) in [6, 6.07) is 22.1. The zero-order valence-corrected chi connectivity index (χ0v) is 15.3. The Labute approximate surface area is 167 Å². The summed E-state index contributed by atoms with van der Waals surface area (Å²) in [4.78, 5) is 11.6. The molecular formula is C25H17FO3. The lowest BCUT2D eigenvalue weighted by Gasteiger charge is -2.07. The van der Waals surface area contributed by atoms with Crippen LogP contribution in [0.25, 0.3) is 34.1 Å². The van der Waals surface area contributed by atoms with E-state index in [0.29, 0.717) is 5.56 Å². The molecule has 0 amide bonds. The highest BCUT2D eigenvalue weighted by Crippen LogP contribution is 2.27. The molecule has 0 atom stereocenters. The molecule has 0 aromatic heterocycles. The molecule has 142 valence electrons. The standard InChI is InChI=1S/C25H17FO3/c26-21-11-8-17(9-12-21)19-10-13-22(25(28)29)20(15-19)7-5-16-4-6-18-2-1-3-24(27)23(18)14-16/h1-15,27H,(H,28,29)/b7-5+. The predicted octanol–water partition coefficient (Wildman–Crippen LogP) is 6.22. The van der Waals surface area contributed by atoms with Gasteiger partial charge >= 0.3 is 5.97 Å². The third-order valence-electron chi connectivity index (χ3n) is 4.80. The van der Waals surface area contributed by atoms with Crippen LogP contribution in [-0.2, 0) is 0 Å². The monoisotopic (exact) mass is 384 g/mol. The molecular weight excluding hydrogens is 367 g/mol. The Morgan fingerprint density at radius 3 is 2.34 bits per heavy atom. The van der Waals surface area contributed by atoms with Gasteiger partial charge in [0.2, 0.25) is 0 Å². The Balaban J connectivity index is 1.74. The number of aromatic carboxylic acids is 1. The first-order chi connectivity index (χ1) is 14.0. The highest BCUT2D eigenvalue weighted by Gasteiger charge is 2.10. The smallest absolute Gasteiger partial charge is 0.336 e. The number of rotatable bonds is 4. The molecule has 2 N–H and O–H groups in total. The van der Waals surface area contributed by atoms with Crippen molar-refractivity contribution in [2.24, 2.45) is 0 Å². The molecule has 0 bridgehead atoms. The van der Waals surface area contributed by atoms with E-state index < -0.39 is 5.97 Å². The van der Waals surface area contributed by atoms with Crippen molar-refractivity contribution in [2.75, 3.05) is 0 Å². The third kappa shape index (κ3) is 3.87. The van der Waals surface area contributed by atoms with Crippen molar-refractivity contribution < 1.29 is 19.4 Å². The number of benzene rings is 4. The molecule has 0 unspecified atom stereocenters. The zero-order valence-electron chi connectivity index (χ0n) is 15.3. The number of carboxylic acid groups (broad SMARTS) is 1. The fraction of sp³-hybridized carbons (Fsp3) is 0. The van der Waals surface area contributed by atoms with Crippen molar-refractivity contribution in [3.63, 3.8) is 0 Å². The molecule has 0 spiro atoms. The summed E-state index contributed by atoms with van der Waals surface area (Å²) in [5, 5.41) is 21.2. The van der Waals surface area contributed by atoms with Gasteiger partial charge in [-0.25, -0.2) is 9.18 Å². The van der Waals surface area contributed by atoms with Crippen LogP contribution < -0.4 is 0 Å². The second kappa shape index (κ2) is 7.60. The molecule has 4 heteroatoms. The summed E-state index contributed by atoms with van der Waals surface area (Å²) in [6.45, 7) is 0. The minimum Gasteiger partial charge on any atom is -0.507 e. The molecule has 0 heterocycles. The van der Waals surface area contributed by atoms with E-state index in [9.17, 15) is 19.4 Å². The van der Waals surface area contributed by atoms with Gasteiger partial charge in [-0.2, -0.15) is 0 Å². The second-order valence-corrected chi connectivity index (χ2v) is 6.71. The fourth-order valence-corrected chi connectivity index (χ4v) is 3.28. The fourth-order valence-electron chi connectivity index (χ4n) is 3.28. The van der Waals surface area contributed by atoms with Gasteiger partial charge in [-0.3, -0.25) is 0 Å². The molecule has 29 heavy (non-hydrogen) atoms. The van der Waals surface area contributed by atoms with E-state index in [1.165, 1.54) is 12.1 Å². The first kappa shape index (κ1) is 18.4. The van der Waals surface area contributed by atoms with Crippen LogP contribution in [0.2, 0.25) is 0 Å². The third-order valence-corrected chi connectivity index (χ3v) is 4.80. The van der Waals surface area contributed by atoms with Gasteiger partial charge in [0.15, 0.2) is 0 Å². The van der Waals surface area contributed by atoms with E-state index in [1.54, 1.807) is 48.5 Å². The van der Waals surface area contributed by atoms with Crippen molar-refractivity contribution in [1.82, 2.24) is 0 Å². The van der Waals surface area contributed by atoms with E-state index in [-0.39, 0.29) is 17.1 Å². The summed E-state index contributed by atoms with van der Waals surface area (Å²) in [5.74, 6) is -1.15. The second-order valence-electron chi connectivity index (χ2n) is 6.71. The minimum atomic E-state index is -1.02. The molecule has 0 fully saturated rings. The number of fused-ring (bicyclic) bond motifs is 1. The van der Waals surface area contributed by atoms with Crippen molar-refractivity contribution in [1.29, 1.82) is 0 Å². The molecule has 0 aliphatic rings. The van der Waals surface area contributed by atoms with Gasteiger partial charge in [-0.15, -0.1) is 0 Å². The summed E-state index contributed by atoms with van der Waals surface area (Å²) < 4.78 is 13.2. The SMILES string of the molecule is O=C(O)c1ccc(-c2ccc(F)cc2)cc1/C=C/c1ccc2cccc(O)c2c1. The zero-order chi connectivity index (χ0) is 20.4. The van der Waals surface area contributed by atoms with Crippen LogP contribution in [0.1, 0.15) is 21.5 Å². The van der Waals surface area contributed by atoms with Gasteiger partial charge in [0, 0.05) is 5.39 Å². The number of hydrogen-bond acceptors (Lipinski definition) is 2. The Morgan fingerprint density at radius 1 is 0.828 bits per heavy atom. The van der Waals surface area contributed by atoms with Crippen molar-refractivity contribution in [3.8, 4) is 16.9 Å². The topological polar surface area (TPSA) is 57.5 Å². The van der Waals surface area contributed by atoms with Crippen LogP contribution in [-0.4, -0.2) is 16.2 Å². The predicted molar refractivity (Wildman–Crippen MR) is 113 cm³/mol. The number of phenols is 1. The lowest BCUT2D eigenvalue weighted by Crippen LogP contribution is -1.99. The van der Waals surface area contributed by atoms with E-state index >= 15 is 0 Å². The molecule has 4 rings (SSSR count). The first-order valence-corrected chi connectivity index (χ1v) is 9.04. The molecule has 3 nitrogen and oxygen atoms in total. The Hall–Kier alpha value is -3.92. The van der Waals surface area contributed by atoms with Gasteiger partial charge in [-0.05, 0) is 64.0 Å². The number of halogens is 1. The number of carbonyl (C=O) groups is 1. The molecule has 0 saturated heterocycles. The molecule has 0 aliphatic heterocycles. The molecule has 0 saturated carbocycles. The van der Waals surface area contributed by atoms with Crippen LogP contribution in [0.5, 0.6) is 5.75 Å². The lowest BCUT2D eigenvalue weighted by molar-refractivity contribution is 0.0696. The number of hydrogen-bond donors (Lipinski definition) is 2. The maximum absolute atomic E-state index is 13.2. The van der Waals surface area contributed by atoms with Crippen LogP contribution in [0.4, 0.5) is 4.39 Å². The van der Waals surface area contributed by atoms with Crippen LogP contribution >= 0.6 is 0 Å². The summed E-state index contributed by atoms with van der Waals surface area (Å²) >= 11 is 0. The molecule has 0 radical (unpaired) electrons. The van der Waals surface area contributed by atoms with Crippen molar-refractivity contribution >= 4 is 28.9 Å². The van der Waals surface area contributed by atoms with Gasteiger partial charge in [0.25, 0.3) is 0 Å². The first-order valence-electron chi connectivity index (χ1n) is 9.04. The van der Waals surface area contributed by atoms with Crippen LogP contribution in [0.15, 0.2) is 78.9 Å². The van der Waals surface area contributed by atoms with Crippen LogP contribution in [0, 0.1) is 5.82 Å². The average Bonchev–Trinajstić information content (AvgIpc) is 2.73. The van der Waals surface area contributed by atoms with Gasteiger partial charge in [-0.1, -0.05) is 54.6 Å². The van der Waals surface area contributed by atoms with E-state index in [1.807, 2.05) is 30.3 Å². The Kier molecular flexibility index (Phi) is 4.83. The number of aromatic hydroxyl groups is 1. The average molecular weight is 384 g/mol. The van der Waals surface area contributed by atoms with Crippen LogP contribution in [0.3, 0.4) is 0 Å². The highest BCUT2D eigenvalue weighted by molar-refractivity contribution is 5.95. The largest absolute Gasteiger partial charge is 0.507 e. The molecule has 4 aromatic carbocycles. The van der Waals surface area contributed by atoms with Crippen molar-refractivity contribution in [2.45, 2.75) is 0 Å². The Morgan fingerprint density at radius 2 is 1.59 bits per heavy atom. The summed E-state index contributed by atoms with van der Waals surface area (Å²) in [7, 11) is 0. The van der Waals surface area contributed by atoms with E-state index in [0.717, 1.165) is 27.5 Å². The number of phenolic OH excluding ortho intramolecular Hbond substituents is 1. The maximum Gasteiger partial charge on any atom is 0.336 e. The van der Waals surface area contributed by atoms with Crippen molar-refractivity contribution in [3.05, 3.63) is 101 Å².